The zero-order chi connectivity index (χ0) is 12.3. The van der Waals surface area contributed by atoms with E-state index in [4.69, 9.17) is 5.73 Å². The maximum atomic E-state index is 12.2. The first-order valence-electron chi connectivity index (χ1n) is 5.50. The van der Waals surface area contributed by atoms with Gasteiger partial charge in [-0.2, -0.15) is 0 Å². The summed E-state index contributed by atoms with van der Waals surface area (Å²) in [5.41, 5.74) is 7.63. The van der Waals surface area contributed by atoms with E-state index in [9.17, 15) is 4.79 Å². The van der Waals surface area contributed by atoms with Crippen LogP contribution in [0.15, 0.2) is 12.3 Å². The minimum atomic E-state index is -0.0532. The Morgan fingerprint density at radius 1 is 1.56 bits per heavy atom. The first-order valence-corrected chi connectivity index (χ1v) is 5.50. The van der Waals surface area contributed by atoms with E-state index in [2.05, 4.69) is 4.98 Å². The van der Waals surface area contributed by atoms with Gasteiger partial charge in [-0.1, -0.05) is 0 Å². The topological polar surface area (TPSA) is 59.2 Å². The molecule has 4 nitrogen and oxygen atoms in total. The van der Waals surface area contributed by atoms with Gasteiger partial charge in [0.15, 0.2) is 0 Å². The number of carbonyl (C=O) groups excluding carboxylic acids is 1. The fourth-order valence-electron chi connectivity index (χ4n) is 1.66. The lowest BCUT2D eigenvalue weighted by molar-refractivity contribution is 0.0717. The second-order valence-electron chi connectivity index (χ2n) is 4.10. The molecule has 0 spiro atoms. The summed E-state index contributed by atoms with van der Waals surface area (Å²) in [6.45, 7) is 8.45. The van der Waals surface area contributed by atoms with Gasteiger partial charge >= 0.3 is 0 Å². The molecule has 0 unspecified atom stereocenters. The van der Waals surface area contributed by atoms with E-state index in [1.54, 1.807) is 17.2 Å². The van der Waals surface area contributed by atoms with E-state index in [0.29, 0.717) is 17.8 Å². The number of nitrogens with two attached hydrogens (primary N) is 1. The zero-order valence-corrected chi connectivity index (χ0v) is 10.3. The molecule has 0 atom stereocenters. The van der Waals surface area contributed by atoms with Crippen molar-refractivity contribution in [2.75, 3.05) is 12.3 Å². The van der Waals surface area contributed by atoms with Gasteiger partial charge in [-0.15, -0.1) is 0 Å². The predicted molar refractivity (Wildman–Crippen MR) is 65.2 cm³/mol. The summed E-state index contributed by atoms with van der Waals surface area (Å²) in [6.07, 6.45) is 1.55. The average molecular weight is 221 g/mol. The van der Waals surface area contributed by atoms with E-state index in [1.807, 2.05) is 27.7 Å². The number of aromatic nitrogens is 1. The molecule has 0 radical (unpaired) electrons. The highest BCUT2D eigenvalue weighted by molar-refractivity contribution is 5.98. The molecule has 1 aromatic heterocycles. The largest absolute Gasteiger partial charge is 0.398 e. The van der Waals surface area contributed by atoms with Gasteiger partial charge in [-0.3, -0.25) is 9.78 Å². The Balaban J connectivity index is 3.04. The average Bonchev–Trinajstić information content (AvgIpc) is 2.17. The van der Waals surface area contributed by atoms with Crippen LogP contribution in [0.3, 0.4) is 0 Å². The molecule has 0 aliphatic rings. The SMILES string of the molecule is CCN(C(=O)c1cnc(C)cc1N)C(C)C. The van der Waals surface area contributed by atoms with Crippen molar-refractivity contribution in [1.82, 2.24) is 9.88 Å². The first-order chi connectivity index (χ1) is 7.47. The summed E-state index contributed by atoms with van der Waals surface area (Å²) in [6, 6.07) is 1.89. The second-order valence-corrected chi connectivity index (χ2v) is 4.10. The van der Waals surface area contributed by atoms with Crippen LogP contribution in [0.2, 0.25) is 0 Å². The van der Waals surface area contributed by atoms with Gasteiger partial charge < -0.3 is 10.6 Å². The van der Waals surface area contributed by atoms with Crippen LogP contribution in [0, 0.1) is 6.92 Å². The number of hydrogen-bond acceptors (Lipinski definition) is 3. The van der Waals surface area contributed by atoms with Crippen LogP contribution < -0.4 is 5.73 Å². The molecule has 2 N–H and O–H groups in total. The second kappa shape index (κ2) is 4.96. The molecular weight excluding hydrogens is 202 g/mol. The molecule has 1 amide bonds. The molecule has 1 rings (SSSR count). The molecule has 1 aromatic rings. The lowest BCUT2D eigenvalue weighted by atomic mass is 10.1. The van der Waals surface area contributed by atoms with Gasteiger partial charge in [0.05, 0.1) is 5.56 Å². The number of hydrogen-bond donors (Lipinski definition) is 1. The number of rotatable bonds is 3. The van der Waals surface area contributed by atoms with E-state index in [-0.39, 0.29) is 11.9 Å². The zero-order valence-electron chi connectivity index (χ0n) is 10.3. The van der Waals surface area contributed by atoms with Crippen molar-refractivity contribution in [3.8, 4) is 0 Å². The number of amides is 1. The Bertz CT molecular complexity index is 388. The molecule has 16 heavy (non-hydrogen) atoms. The molecule has 4 heteroatoms. The minimum absolute atomic E-state index is 0.0532. The maximum absolute atomic E-state index is 12.2. The van der Waals surface area contributed by atoms with Crippen LogP contribution in [0.1, 0.15) is 36.8 Å². The minimum Gasteiger partial charge on any atom is -0.398 e. The summed E-state index contributed by atoms with van der Waals surface area (Å²) >= 11 is 0. The number of nitrogens with zero attached hydrogens (tertiary/aromatic N) is 2. The Morgan fingerprint density at radius 3 is 2.62 bits per heavy atom. The van der Waals surface area contributed by atoms with E-state index >= 15 is 0 Å². The van der Waals surface area contributed by atoms with E-state index in [1.165, 1.54) is 0 Å². The van der Waals surface area contributed by atoms with Crippen LogP contribution in [0.5, 0.6) is 0 Å². The van der Waals surface area contributed by atoms with Gasteiger partial charge in [0.25, 0.3) is 5.91 Å². The quantitative estimate of drug-likeness (QED) is 0.847. The van der Waals surface area contributed by atoms with Gasteiger partial charge in [0.1, 0.15) is 0 Å². The van der Waals surface area contributed by atoms with Gasteiger partial charge in [-0.05, 0) is 33.8 Å². The van der Waals surface area contributed by atoms with Crippen molar-refractivity contribution in [2.45, 2.75) is 33.7 Å². The lowest BCUT2D eigenvalue weighted by Gasteiger charge is -2.25. The molecule has 0 aromatic carbocycles. The molecule has 0 saturated heterocycles. The maximum Gasteiger partial charge on any atom is 0.257 e. The van der Waals surface area contributed by atoms with Gasteiger partial charge in [-0.25, -0.2) is 0 Å². The number of nitrogen functional groups attached to an aromatic ring is 1. The molecule has 0 bridgehead atoms. The third-order valence-electron chi connectivity index (χ3n) is 2.53. The number of aryl methyl sites for hydroxylation is 1. The summed E-state index contributed by atoms with van der Waals surface area (Å²) in [5.74, 6) is -0.0532. The fourth-order valence-corrected chi connectivity index (χ4v) is 1.66. The summed E-state index contributed by atoms with van der Waals surface area (Å²) < 4.78 is 0. The molecule has 0 aliphatic heterocycles. The van der Waals surface area contributed by atoms with Crippen LogP contribution in [-0.4, -0.2) is 28.4 Å². The Hall–Kier alpha value is -1.58. The summed E-state index contributed by atoms with van der Waals surface area (Å²) in [4.78, 5) is 18.0. The smallest absolute Gasteiger partial charge is 0.257 e. The van der Waals surface area contributed by atoms with Crippen molar-refractivity contribution in [1.29, 1.82) is 0 Å². The monoisotopic (exact) mass is 221 g/mol. The van der Waals surface area contributed by atoms with Crippen molar-refractivity contribution in [3.63, 3.8) is 0 Å². The van der Waals surface area contributed by atoms with Gasteiger partial charge in [0, 0.05) is 30.2 Å². The predicted octanol–water partition coefficient (Wildman–Crippen LogP) is 1.84. The summed E-state index contributed by atoms with van der Waals surface area (Å²) in [5, 5.41) is 0. The molecular formula is C12H19N3O. The first kappa shape index (κ1) is 12.5. The van der Waals surface area contributed by atoms with Crippen molar-refractivity contribution < 1.29 is 4.79 Å². The third-order valence-corrected chi connectivity index (χ3v) is 2.53. The van der Waals surface area contributed by atoms with Crippen molar-refractivity contribution >= 4 is 11.6 Å². The van der Waals surface area contributed by atoms with Crippen LogP contribution in [0.25, 0.3) is 0 Å². The number of carbonyl (C=O) groups is 1. The Labute approximate surface area is 96.5 Å². The lowest BCUT2D eigenvalue weighted by Crippen LogP contribution is -2.37. The van der Waals surface area contributed by atoms with E-state index in [0.717, 1.165) is 5.69 Å². The Kier molecular flexibility index (Phi) is 3.88. The Morgan fingerprint density at radius 2 is 2.19 bits per heavy atom. The molecule has 0 saturated carbocycles. The van der Waals surface area contributed by atoms with Crippen molar-refractivity contribution in [2.24, 2.45) is 0 Å². The third kappa shape index (κ3) is 2.51. The molecule has 1 heterocycles. The van der Waals surface area contributed by atoms with Crippen LogP contribution >= 0.6 is 0 Å². The van der Waals surface area contributed by atoms with Crippen molar-refractivity contribution in [3.05, 3.63) is 23.5 Å². The standard InChI is InChI=1S/C12H19N3O/c1-5-15(8(2)3)12(16)10-7-14-9(4)6-11(10)13/h6-8H,5H2,1-4H3,(H2,13,14). The number of anilines is 1. The fraction of sp³-hybridized carbons (Fsp3) is 0.500. The highest BCUT2D eigenvalue weighted by Crippen LogP contribution is 2.15. The van der Waals surface area contributed by atoms with E-state index < -0.39 is 0 Å². The summed E-state index contributed by atoms with van der Waals surface area (Å²) in [7, 11) is 0. The number of pyridine rings is 1. The van der Waals surface area contributed by atoms with Gasteiger partial charge in [0.2, 0.25) is 0 Å². The highest BCUT2D eigenvalue weighted by Gasteiger charge is 2.19. The highest BCUT2D eigenvalue weighted by atomic mass is 16.2. The van der Waals surface area contributed by atoms with Crippen LogP contribution in [-0.2, 0) is 0 Å². The molecule has 0 aliphatic carbocycles. The van der Waals surface area contributed by atoms with Crippen LogP contribution in [0.4, 0.5) is 5.69 Å². The molecule has 88 valence electrons. The normalized spacial score (nSPS) is 10.6. The molecule has 0 fully saturated rings.